The molecular weight excluding hydrogens is 161 g/mol. The van der Waals surface area contributed by atoms with Crippen LogP contribution in [0.1, 0.15) is 13.3 Å². The van der Waals surface area contributed by atoms with Crippen molar-refractivity contribution < 1.29 is 23.0 Å². The summed E-state index contributed by atoms with van der Waals surface area (Å²) in [6.45, 7) is 0.202. The molecule has 0 fully saturated rings. The third kappa shape index (κ3) is 9.71. The number of aliphatic hydroxyl groups is 1. The second kappa shape index (κ2) is 4.56. The summed E-state index contributed by atoms with van der Waals surface area (Å²) in [5, 5.41) is 8.62. The van der Waals surface area contributed by atoms with Gasteiger partial charge in [-0.25, -0.2) is 0 Å². The lowest BCUT2D eigenvalue weighted by Crippen LogP contribution is -2.18. The normalized spacial score (nSPS) is 15.0. The highest BCUT2D eigenvalue weighted by Crippen LogP contribution is 2.14. The van der Waals surface area contributed by atoms with E-state index in [4.69, 9.17) is 5.11 Å². The van der Waals surface area contributed by atoms with Crippen LogP contribution in [0.15, 0.2) is 0 Å². The Morgan fingerprint density at radius 1 is 1.45 bits per heavy atom. The predicted octanol–water partition coefficient (Wildman–Crippen LogP) is 1.34. The molecule has 0 aliphatic rings. The molecule has 0 aliphatic heterocycles. The minimum Gasteiger partial charge on any atom is -0.393 e. The van der Waals surface area contributed by atoms with Gasteiger partial charge >= 0.3 is 6.18 Å². The zero-order valence-corrected chi connectivity index (χ0v) is 6.19. The summed E-state index contributed by atoms with van der Waals surface area (Å²) in [5.41, 5.74) is 0. The molecule has 1 unspecified atom stereocenters. The first-order valence-corrected chi connectivity index (χ1v) is 3.24. The van der Waals surface area contributed by atoms with Gasteiger partial charge in [-0.15, -0.1) is 0 Å². The Bertz CT molecular complexity index is 100. The highest BCUT2D eigenvalue weighted by molar-refractivity contribution is 4.48. The Morgan fingerprint density at radius 2 is 2.00 bits per heavy atom. The van der Waals surface area contributed by atoms with Crippen LogP contribution in [0.2, 0.25) is 0 Å². The molecule has 5 heteroatoms. The van der Waals surface area contributed by atoms with Gasteiger partial charge in [0.15, 0.2) is 0 Å². The predicted molar refractivity (Wildman–Crippen MR) is 33.2 cm³/mol. The van der Waals surface area contributed by atoms with E-state index >= 15 is 0 Å². The zero-order chi connectivity index (χ0) is 8.91. The monoisotopic (exact) mass is 172 g/mol. The summed E-state index contributed by atoms with van der Waals surface area (Å²) < 4.78 is 38.4. The fourth-order valence-electron chi connectivity index (χ4n) is 0.442. The van der Waals surface area contributed by atoms with Gasteiger partial charge in [0.05, 0.1) is 6.10 Å². The van der Waals surface area contributed by atoms with Gasteiger partial charge < -0.3 is 9.84 Å². The summed E-state index contributed by atoms with van der Waals surface area (Å²) in [4.78, 5) is 0. The quantitative estimate of drug-likeness (QED) is 0.648. The molecule has 0 saturated heterocycles. The third-order valence-electron chi connectivity index (χ3n) is 0.946. The van der Waals surface area contributed by atoms with Gasteiger partial charge in [0, 0.05) is 6.61 Å². The van der Waals surface area contributed by atoms with Crippen LogP contribution in [0.5, 0.6) is 0 Å². The van der Waals surface area contributed by atoms with Crippen molar-refractivity contribution >= 4 is 0 Å². The second-order valence-corrected chi connectivity index (χ2v) is 2.31. The summed E-state index contributed by atoms with van der Waals surface area (Å²) >= 11 is 0. The van der Waals surface area contributed by atoms with Crippen molar-refractivity contribution in [1.29, 1.82) is 0 Å². The van der Waals surface area contributed by atoms with Crippen LogP contribution in [-0.2, 0) is 4.74 Å². The van der Waals surface area contributed by atoms with Crippen molar-refractivity contribution in [2.24, 2.45) is 0 Å². The first-order chi connectivity index (χ1) is 4.92. The maximum Gasteiger partial charge on any atom is 0.411 e. The molecular formula is C6H11F3O2. The molecule has 1 atom stereocenters. The molecule has 11 heavy (non-hydrogen) atoms. The minimum absolute atomic E-state index is 0.0584. The van der Waals surface area contributed by atoms with E-state index in [2.05, 4.69) is 4.74 Å². The highest BCUT2D eigenvalue weighted by Gasteiger charge is 2.27. The summed E-state index contributed by atoms with van der Waals surface area (Å²) in [7, 11) is 0. The third-order valence-corrected chi connectivity index (χ3v) is 0.946. The van der Waals surface area contributed by atoms with E-state index in [-0.39, 0.29) is 13.0 Å². The maximum absolute atomic E-state index is 11.4. The highest BCUT2D eigenvalue weighted by atomic mass is 19.4. The number of rotatable bonds is 4. The van der Waals surface area contributed by atoms with Crippen molar-refractivity contribution in [2.45, 2.75) is 25.6 Å². The van der Waals surface area contributed by atoms with Gasteiger partial charge in [0.1, 0.15) is 6.61 Å². The van der Waals surface area contributed by atoms with Crippen LogP contribution in [-0.4, -0.2) is 30.6 Å². The molecule has 0 spiro atoms. The van der Waals surface area contributed by atoms with Gasteiger partial charge in [-0.05, 0) is 13.3 Å². The number of halogens is 3. The number of aliphatic hydroxyl groups excluding tert-OH is 1. The fraction of sp³-hybridized carbons (Fsp3) is 1.00. The summed E-state index contributed by atoms with van der Waals surface area (Å²) in [6, 6.07) is 0. The van der Waals surface area contributed by atoms with Crippen molar-refractivity contribution in [1.82, 2.24) is 0 Å². The first kappa shape index (κ1) is 10.7. The first-order valence-electron chi connectivity index (χ1n) is 3.24. The number of hydrogen-bond acceptors (Lipinski definition) is 2. The molecule has 0 bridgehead atoms. The van der Waals surface area contributed by atoms with E-state index in [0.29, 0.717) is 0 Å². The smallest absolute Gasteiger partial charge is 0.393 e. The molecule has 68 valence electrons. The molecule has 2 nitrogen and oxygen atoms in total. The van der Waals surface area contributed by atoms with Crippen LogP contribution in [0.25, 0.3) is 0 Å². The second-order valence-electron chi connectivity index (χ2n) is 2.31. The molecule has 0 aliphatic carbocycles. The summed E-state index contributed by atoms with van der Waals surface area (Å²) in [5.74, 6) is 0. The van der Waals surface area contributed by atoms with Gasteiger partial charge in [0.2, 0.25) is 0 Å². The molecule has 1 N–H and O–H groups in total. The van der Waals surface area contributed by atoms with Crippen LogP contribution in [0.3, 0.4) is 0 Å². The number of ether oxygens (including phenoxy) is 1. The average molecular weight is 172 g/mol. The SMILES string of the molecule is CC(O)CCOCC(F)(F)F. The van der Waals surface area contributed by atoms with Gasteiger partial charge in [-0.3, -0.25) is 0 Å². The van der Waals surface area contributed by atoms with Crippen LogP contribution >= 0.6 is 0 Å². The van der Waals surface area contributed by atoms with Crippen molar-refractivity contribution in [2.75, 3.05) is 13.2 Å². The molecule has 0 radical (unpaired) electrons. The lowest BCUT2D eigenvalue weighted by atomic mass is 10.3. The lowest BCUT2D eigenvalue weighted by Gasteiger charge is -2.07. The molecule has 0 saturated carbocycles. The van der Waals surface area contributed by atoms with Crippen molar-refractivity contribution in [3.63, 3.8) is 0 Å². The molecule has 0 aromatic rings. The van der Waals surface area contributed by atoms with Gasteiger partial charge in [-0.2, -0.15) is 13.2 Å². The standard InChI is InChI=1S/C6H11F3O2/c1-5(10)2-3-11-4-6(7,8)9/h5,10H,2-4H2,1H3. The Morgan fingerprint density at radius 3 is 2.36 bits per heavy atom. The van der Waals surface area contributed by atoms with E-state index in [1.807, 2.05) is 0 Å². The van der Waals surface area contributed by atoms with Gasteiger partial charge in [-0.1, -0.05) is 0 Å². The van der Waals surface area contributed by atoms with E-state index in [0.717, 1.165) is 0 Å². The van der Waals surface area contributed by atoms with E-state index in [9.17, 15) is 13.2 Å². The fourth-order valence-corrected chi connectivity index (χ4v) is 0.442. The summed E-state index contributed by atoms with van der Waals surface area (Å²) in [6.07, 6.45) is -4.64. The zero-order valence-electron chi connectivity index (χ0n) is 6.19. The number of hydrogen-bond donors (Lipinski definition) is 1. The van der Waals surface area contributed by atoms with Crippen LogP contribution in [0, 0.1) is 0 Å². The molecule has 0 aromatic heterocycles. The number of alkyl halides is 3. The van der Waals surface area contributed by atoms with Crippen molar-refractivity contribution in [3.05, 3.63) is 0 Å². The average Bonchev–Trinajstić information content (AvgIpc) is 1.78. The van der Waals surface area contributed by atoms with Gasteiger partial charge in [0.25, 0.3) is 0 Å². The Labute approximate surface area is 63.0 Å². The van der Waals surface area contributed by atoms with Crippen LogP contribution < -0.4 is 0 Å². The van der Waals surface area contributed by atoms with E-state index in [1.54, 1.807) is 0 Å². The molecule has 0 aromatic carbocycles. The maximum atomic E-state index is 11.4. The van der Waals surface area contributed by atoms with Crippen LogP contribution in [0.4, 0.5) is 13.2 Å². The van der Waals surface area contributed by atoms with E-state index < -0.39 is 18.9 Å². The molecule has 0 heterocycles. The Balaban J connectivity index is 3.15. The van der Waals surface area contributed by atoms with Crippen molar-refractivity contribution in [3.8, 4) is 0 Å². The lowest BCUT2D eigenvalue weighted by molar-refractivity contribution is -0.175. The van der Waals surface area contributed by atoms with E-state index in [1.165, 1.54) is 6.92 Å². The topological polar surface area (TPSA) is 29.5 Å². The largest absolute Gasteiger partial charge is 0.411 e. The Hall–Kier alpha value is -0.290. The molecule has 0 rings (SSSR count). The minimum atomic E-state index is -4.27. The molecule has 0 amide bonds. The Kier molecular flexibility index (Phi) is 4.44.